The predicted octanol–water partition coefficient (Wildman–Crippen LogP) is 7.61. The Morgan fingerprint density at radius 3 is 0.868 bits per heavy atom. The van der Waals surface area contributed by atoms with E-state index in [1.165, 1.54) is 11.1 Å². The van der Waals surface area contributed by atoms with Crippen LogP contribution in [0.25, 0.3) is 0 Å². The normalized spacial score (nSPS) is 16.7. The molecule has 0 bridgehead atoms. The van der Waals surface area contributed by atoms with Gasteiger partial charge in [0, 0.05) is 39.3 Å². The molecule has 0 aliphatic carbocycles. The maximum Gasteiger partial charge on any atom is 0.123 e. The van der Waals surface area contributed by atoms with Crippen LogP contribution < -0.4 is 0 Å². The molecule has 0 atom stereocenters. The first-order valence-electron chi connectivity index (χ1n) is 14.4. The predicted molar refractivity (Wildman–Crippen MR) is 162 cm³/mol. The van der Waals surface area contributed by atoms with Crippen molar-refractivity contribution in [3.05, 3.63) is 57.6 Å². The van der Waals surface area contributed by atoms with Crippen molar-refractivity contribution in [1.82, 2.24) is 9.80 Å². The zero-order valence-electron chi connectivity index (χ0n) is 26.3. The summed E-state index contributed by atoms with van der Waals surface area (Å²) in [4.78, 5) is 5.08. The maximum absolute atomic E-state index is 11.1. The Bertz CT molecular complexity index is 968. The zero-order valence-corrected chi connectivity index (χ0v) is 26.3. The van der Waals surface area contributed by atoms with Crippen LogP contribution in [-0.2, 0) is 34.7 Å². The molecule has 0 aromatic heterocycles. The molecule has 1 aliphatic rings. The van der Waals surface area contributed by atoms with Crippen molar-refractivity contribution >= 4 is 0 Å². The maximum atomic E-state index is 11.1. The zero-order chi connectivity index (χ0) is 28.8. The lowest BCUT2D eigenvalue weighted by atomic mass is 9.78. The SMILES string of the molecule is CC(C)(C)c1cc(CN2CCN(Cc3cc(C(C)(C)C)c(O)c(C(C)(C)C)c3)CC2)cc(C(C)(C)C)c1O. The lowest BCUT2D eigenvalue weighted by Gasteiger charge is -2.36. The topological polar surface area (TPSA) is 46.9 Å². The van der Waals surface area contributed by atoms with E-state index < -0.39 is 0 Å². The second-order valence-corrected chi connectivity index (χ2v) is 15.6. The first-order valence-corrected chi connectivity index (χ1v) is 14.4. The second-order valence-electron chi connectivity index (χ2n) is 15.6. The van der Waals surface area contributed by atoms with Crippen LogP contribution in [0, 0.1) is 0 Å². The van der Waals surface area contributed by atoms with E-state index in [0.29, 0.717) is 11.5 Å². The fourth-order valence-corrected chi connectivity index (χ4v) is 5.48. The molecule has 1 heterocycles. The molecule has 0 spiro atoms. The van der Waals surface area contributed by atoms with Crippen LogP contribution in [0.15, 0.2) is 24.3 Å². The number of nitrogens with zero attached hydrogens (tertiary/aromatic N) is 2. The summed E-state index contributed by atoms with van der Waals surface area (Å²) in [5.41, 5.74) is 6.28. The summed E-state index contributed by atoms with van der Waals surface area (Å²) in [7, 11) is 0. The van der Waals surface area contributed by atoms with Crippen molar-refractivity contribution < 1.29 is 10.2 Å². The van der Waals surface area contributed by atoms with Crippen LogP contribution in [0.3, 0.4) is 0 Å². The van der Waals surface area contributed by atoms with Gasteiger partial charge in [0.25, 0.3) is 0 Å². The number of phenolic OH excluding ortho intramolecular Hbond substituents is 2. The molecule has 1 saturated heterocycles. The standard InChI is InChI=1S/C34H54N2O2/c1-31(2,3)25-17-23(18-26(29(25)37)32(4,5)6)21-35-13-15-36(16-14-35)22-24-19-27(33(7,8)9)30(38)28(20-24)34(10,11)12/h17-20,37-38H,13-16,21-22H2,1-12H3. The number of benzene rings is 2. The van der Waals surface area contributed by atoms with Crippen LogP contribution >= 0.6 is 0 Å². The number of phenols is 2. The van der Waals surface area contributed by atoms with E-state index in [-0.39, 0.29) is 21.7 Å². The molecule has 212 valence electrons. The summed E-state index contributed by atoms with van der Waals surface area (Å²) in [5.74, 6) is 0.911. The number of hydrogen-bond donors (Lipinski definition) is 2. The van der Waals surface area contributed by atoms with Gasteiger partial charge < -0.3 is 10.2 Å². The summed E-state index contributed by atoms with van der Waals surface area (Å²) in [6, 6.07) is 8.87. The summed E-state index contributed by atoms with van der Waals surface area (Å²) in [6.07, 6.45) is 0. The van der Waals surface area contributed by atoms with E-state index in [2.05, 4.69) is 117 Å². The fourth-order valence-electron chi connectivity index (χ4n) is 5.48. The summed E-state index contributed by atoms with van der Waals surface area (Å²) in [5, 5.41) is 22.2. The summed E-state index contributed by atoms with van der Waals surface area (Å²) < 4.78 is 0. The van der Waals surface area contributed by atoms with Crippen molar-refractivity contribution in [2.45, 2.75) is 118 Å². The molecule has 2 N–H and O–H groups in total. The molecule has 3 rings (SSSR count). The third-order valence-corrected chi connectivity index (χ3v) is 7.85. The minimum Gasteiger partial charge on any atom is -0.507 e. The highest BCUT2D eigenvalue weighted by Crippen LogP contribution is 2.41. The molecule has 4 nitrogen and oxygen atoms in total. The first kappa shape index (κ1) is 30.5. The average molecular weight is 523 g/mol. The monoisotopic (exact) mass is 522 g/mol. The quantitative estimate of drug-likeness (QED) is 0.434. The highest BCUT2D eigenvalue weighted by Gasteiger charge is 2.29. The molecule has 38 heavy (non-hydrogen) atoms. The van der Waals surface area contributed by atoms with E-state index in [9.17, 15) is 10.2 Å². The third kappa shape index (κ3) is 7.12. The van der Waals surface area contributed by atoms with Crippen LogP contribution in [0.5, 0.6) is 11.5 Å². The summed E-state index contributed by atoms with van der Waals surface area (Å²) in [6.45, 7) is 32.0. The van der Waals surface area contributed by atoms with Gasteiger partial charge in [-0.3, -0.25) is 9.80 Å². The van der Waals surface area contributed by atoms with Gasteiger partial charge in [-0.15, -0.1) is 0 Å². The van der Waals surface area contributed by atoms with Gasteiger partial charge in [0.2, 0.25) is 0 Å². The van der Waals surface area contributed by atoms with Crippen LogP contribution in [0.2, 0.25) is 0 Å². The van der Waals surface area contributed by atoms with E-state index in [0.717, 1.165) is 61.5 Å². The minimum absolute atomic E-state index is 0.110. The smallest absolute Gasteiger partial charge is 0.123 e. The van der Waals surface area contributed by atoms with Gasteiger partial charge in [0.05, 0.1) is 0 Å². The summed E-state index contributed by atoms with van der Waals surface area (Å²) >= 11 is 0. The molecule has 0 saturated carbocycles. The van der Waals surface area contributed by atoms with Crippen LogP contribution in [-0.4, -0.2) is 46.2 Å². The number of rotatable bonds is 4. The molecular weight excluding hydrogens is 468 g/mol. The van der Waals surface area contributed by atoms with E-state index in [4.69, 9.17) is 0 Å². The highest BCUT2D eigenvalue weighted by atomic mass is 16.3. The third-order valence-electron chi connectivity index (χ3n) is 7.85. The molecular formula is C34H54N2O2. The van der Waals surface area contributed by atoms with Gasteiger partial charge in [0.1, 0.15) is 11.5 Å². The van der Waals surface area contributed by atoms with Crippen molar-refractivity contribution in [2.24, 2.45) is 0 Å². The van der Waals surface area contributed by atoms with Gasteiger partial charge in [-0.05, 0) is 55.0 Å². The Morgan fingerprint density at radius 2 is 0.684 bits per heavy atom. The molecule has 0 amide bonds. The van der Waals surface area contributed by atoms with Crippen molar-refractivity contribution in [1.29, 1.82) is 0 Å². The second kappa shape index (κ2) is 10.5. The molecule has 0 unspecified atom stereocenters. The number of piperazine rings is 1. The Labute approximate surface area is 233 Å². The van der Waals surface area contributed by atoms with Gasteiger partial charge >= 0.3 is 0 Å². The largest absolute Gasteiger partial charge is 0.507 e. The van der Waals surface area contributed by atoms with Gasteiger partial charge in [0.15, 0.2) is 0 Å². The van der Waals surface area contributed by atoms with E-state index in [1.807, 2.05) is 0 Å². The molecule has 2 aromatic rings. The Hall–Kier alpha value is -2.04. The molecule has 1 fully saturated rings. The Balaban J connectivity index is 1.76. The average Bonchev–Trinajstić information content (AvgIpc) is 2.74. The highest BCUT2D eigenvalue weighted by molar-refractivity contribution is 5.51. The van der Waals surface area contributed by atoms with Crippen molar-refractivity contribution in [3.63, 3.8) is 0 Å². The molecule has 1 aliphatic heterocycles. The van der Waals surface area contributed by atoms with Crippen LogP contribution in [0.1, 0.15) is 116 Å². The molecule has 0 radical (unpaired) electrons. The molecule has 2 aromatic carbocycles. The minimum atomic E-state index is -0.110. The molecule has 4 heteroatoms. The Kier molecular flexibility index (Phi) is 8.43. The fraction of sp³-hybridized carbons (Fsp3) is 0.647. The van der Waals surface area contributed by atoms with Gasteiger partial charge in [-0.25, -0.2) is 0 Å². The Morgan fingerprint density at radius 1 is 0.474 bits per heavy atom. The van der Waals surface area contributed by atoms with Crippen molar-refractivity contribution in [2.75, 3.05) is 26.2 Å². The van der Waals surface area contributed by atoms with Gasteiger partial charge in [-0.1, -0.05) is 107 Å². The number of aromatic hydroxyl groups is 2. The lowest BCUT2D eigenvalue weighted by Crippen LogP contribution is -2.45. The van der Waals surface area contributed by atoms with Gasteiger partial charge in [-0.2, -0.15) is 0 Å². The van der Waals surface area contributed by atoms with Crippen molar-refractivity contribution in [3.8, 4) is 11.5 Å². The number of hydrogen-bond acceptors (Lipinski definition) is 4. The lowest BCUT2D eigenvalue weighted by molar-refractivity contribution is 0.122. The first-order chi connectivity index (χ1) is 17.2. The van der Waals surface area contributed by atoms with E-state index in [1.54, 1.807) is 0 Å². The van der Waals surface area contributed by atoms with Crippen LogP contribution in [0.4, 0.5) is 0 Å². The van der Waals surface area contributed by atoms with E-state index >= 15 is 0 Å².